The van der Waals surface area contributed by atoms with E-state index in [9.17, 15) is 14.0 Å². The molecule has 3 heterocycles. The van der Waals surface area contributed by atoms with Crippen LogP contribution in [0.1, 0.15) is 65.8 Å². The standard InChI is InChI=1S/C23H26FN3O3.C2H6.2H2/c1-11-8-15(24)20-17(9-11)30-23(4,5)21(20)27-18(28)10-14-12(2)19-13(3)25-7-6-16(19)26-22(14)29;1-2;;/h6,8-9,21,25H,7,10H2,1-5H3,(H,26,29)(H,27,28);1-2H3;2*1H/t21-;;;/m0.../s1. The molecule has 2 aromatic rings. The third kappa shape index (κ3) is 4.16. The van der Waals surface area contributed by atoms with Crippen molar-refractivity contribution in [3.8, 4) is 5.75 Å². The van der Waals surface area contributed by atoms with Crippen molar-refractivity contribution in [3.63, 3.8) is 0 Å². The van der Waals surface area contributed by atoms with E-state index in [0.29, 0.717) is 23.4 Å². The lowest BCUT2D eigenvalue weighted by atomic mass is 9.93. The maximum Gasteiger partial charge on any atom is 0.252 e. The van der Waals surface area contributed by atoms with E-state index in [2.05, 4.69) is 15.6 Å². The summed E-state index contributed by atoms with van der Waals surface area (Å²) in [6, 6.07) is 2.55. The van der Waals surface area contributed by atoms with Crippen LogP contribution in [0.4, 0.5) is 4.39 Å². The Bertz CT molecular complexity index is 1260. The normalized spacial score (nSPS) is 17.6. The Kier molecular flexibility index (Phi) is 6.49. The number of carbonyl (C=O) groups is 1. The molecule has 0 bridgehead atoms. The van der Waals surface area contributed by atoms with E-state index in [1.165, 1.54) is 6.07 Å². The Balaban J connectivity index is 0.00000141. The SMILES string of the molecule is CC.CC1=c2c(C)c(CC(=O)N[C@H]3c4c(F)cc(C)cc4OC3(C)C)c(=O)[nH]c2=CCN1.[HH].[HH]. The predicted octanol–water partition coefficient (Wildman–Crippen LogP) is 2.73. The highest BCUT2D eigenvalue weighted by Gasteiger charge is 2.44. The van der Waals surface area contributed by atoms with E-state index < -0.39 is 17.5 Å². The summed E-state index contributed by atoms with van der Waals surface area (Å²) in [5, 5.41) is 7.83. The van der Waals surface area contributed by atoms with Gasteiger partial charge in [-0.2, -0.15) is 0 Å². The Hall–Kier alpha value is -3.09. The van der Waals surface area contributed by atoms with Crippen LogP contribution < -0.4 is 31.5 Å². The quantitative estimate of drug-likeness (QED) is 0.679. The summed E-state index contributed by atoms with van der Waals surface area (Å²) in [6.45, 7) is 13.9. The van der Waals surface area contributed by atoms with Gasteiger partial charge < -0.3 is 20.4 Å². The molecular weight excluding hydrogens is 409 g/mol. The van der Waals surface area contributed by atoms with Crippen molar-refractivity contribution >= 4 is 17.7 Å². The van der Waals surface area contributed by atoms with E-state index in [4.69, 9.17) is 4.74 Å². The smallest absolute Gasteiger partial charge is 0.252 e. The number of nitrogens with one attached hydrogen (secondary N) is 3. The molecule has 2 aliphatic rings. The highest BCUT2D eigenvalue weighted by atomic mass is 19.1. The number of halogens is 1. The molecule has 4 rings (SSSR count). The number of hydrogen-bond acceptors (Lipinski definition) is 4. The topological polar surface area (TPSA) is 83.2 Å². The molecule has 176 valence electrons. The van der Waals surface area contributed by atoms with Crippen LogP contribution in [0, 0.1) is 19.7 Å². The fourth-order valence-corrected chi connectivity index (χ4v) is 4.42. The molecule has 0 radical (unpaired) electrons. The highest BCUT2D eigenvalue weighted by Crippen LogP contribution is 2.44. The number of amides is 1. The Morgan fingerprint density at radius 3 is 2.66 bits per heavy atom. The molecule has 0 unspecified atom stereocenters. The van der Waals surface area contributed by atoms with Gasteiger partial charge in [0.1, 0.15) is 17.2 Å². The lowest BCUT2D eigenvalue weighted by Gasteiger charge is -2.27. The van der Waals surface area contributed by atoms with Gasteiger partial charge in [-0.15, -0.1) is 0 Å². The molecule has 2 aliphatic heterocycles. The summed E-state index contributed by atoms with van der Waals surface area (Å²) in [5.74, 6) is -0.323. The number of aryl methyl sites for hydroxylation is 1. The van der Waals surface area contributed by atoms with Gasteiger partial charge in [0, 0.05) is 31.2 Å². The maximum atomic E-state index is 14.7. The first-order valence-corrected chi connectivity index (χ1v) is 11.0. The lowest BCUT2D eigenvalue weighted by molar-refractivity contribution is -0.122. The molecule has 0 spiro atoms. The van der Waals surface area contributed by atoms with Gasteiger partial charge in [-0.05, 0) is 64.0 Å². The molecule has 7 heteroatoms. The molecule has 0 fully saturated rings. The molecule has 32 heavy (non-hydrogen) atoms. The van der Waals surface area contributed by atoms with E-state index in [-0.39, 0.29) is 20.7 Å². The number of aromatic nitrogens is 1. The summed E-state index contributed by atoms with van der Waals surface area (Å²) < 4.78 is 20.6. The summed E-state index contributed by atoms with van der Waals surface area (Å²) >= 11 is 0. The van der Waals surface area contributed by atoms with Gasteiger partial charge in [-0.3, -0.25) is 9.59 Å². The minimum absolute atomic E-state index is 0. The number of aromatic amines is 1. The summed E-state index contributed by atoms with van der Waals surface area (Å²) in [5.41, 5.74) is 2.14. The first-order valence-electron chi connectivity index (χ1n) is 11.0. The third-order valence-electron chi connectivity index (χ3n) is 5.90. The van der Waals surface area contributed by atoms with Crippen LogP contribution >= 0.6 is 0 Å². The molecule has 3 N–H and O–H groups in total. The minimum atomic E-state index is -0.812. The van der Waals surface area contributed by atoms with Crippen molar-refractivity contribution in [2.24, 2.45) is 0 Å². The van der Waals surface area contributed by atoms with Crippen molar-refractivity contribution in [2.45, 2.75) is 66.5 Å². The summed E-state index contributed by atoms with van der Waals surface area (Å²) in [6.07, 6.45) is 1.82. The number of carbonyl (C=O) groups excluding carboxylic acids is 1. The number of fused-ring (bicyclic) bond motifs is 2. The molecule has 1 aromatic heterocycles. The number of hydrogen-bond donors (Lipinski definition) is 3. The van der Waals surface area contributed by atoms with Crippen molar-refractivity contribution < 1.29 is 16.8 Å². The molecule has 0 aliphatic carbocycles. The molecule has 0 saturated carbocycles. The van der Waals surface area contributed by atoms with Crippen LogP contribution in [-0.4, -0.2) is 23.0 Å². The lowest BCUT2D eigenvalue weighted by Crippen LogP contribution is -2.47. The Labute approximate surface area is 190 Å². The molecule has 1 aromatic carbocycles. The van der Waals surface area contributed by atoms with Crippen LogP contribution in [0.3, 0.4) is 0 Å². The van der Waals surface area contributed by atoms with E-state index in [1.54, 1.807) is 13.0 Å². The summed E-state index contributed by atoms with van der Waals surface area (Å²) in [4.78, 5) is 28.4. The van der Waals surface area contributed by atoms with Crippen LogP contribution in [0.25, 0.3) is 11.8 Å². The largest absolute Gasteiger partial charge is 0.485 e. The number of rotatable bonds is 3. The number of benzene rings is 1. The molecule has 6 nitrogen and oxygen atoms in total. The van der Waals surface area contributed by atoms with Gasteiger partial charge >= 0.3 is 0 Å². The van der Waals surface area contributed by atoms with E-state index in [0.717, 1.165) is 27.4 Å². The van der Waals surface area contributed by atoms with Crippen molar-refractivity contribution in [1.82, 2.24) is 15.6 Å². The third-order valence-corrected chi connectivity index (χ3v) is 5.90. The second-order valence-electron chi connectivity index (χ2n) is 8.60. The van der Waals surface area contributed by atoms with Crippen LogP contribution in [-0.2, 0) is 11.2 Å². The van der Waals surface area contributed by atoms with Gasteiger partial charge in [0.2, 0.25) is 5.91 Å². The van der Waals surface area contributed by atoms with E-state index >= 15 is 0 Å². The van der Waals surface area contributed by atoms with Crippen LogP contribution in [0.5, 0.6) is 5.75 Å². The predicted molar refractivity (Wildman–Crippen MR) is 129 cm³/mol. The second-order valence-corrected chi connectivity index (χ2v) is 8.60. The van der Waals surface area contributed by atoms with Gasteiger partial charge in [0.15, 0.2) is 0 Å². The average molecular weight is 446 g/mol. The van der Waals surface area contributed by atoms with Gasteiger partial charge in [-0.25, -0.2) is 4.39 Å². The number of pyridine rings is 1. The Morgan fingerprint density at radius 1 is 1.28 bits per heavy atom. The van der Waals surface area contributed by atoms with Crippen molar-refractivity contribution in [3.05, 3.63) is 61.1 Å². The first-order chi connectivity index (χ1) is 15.1. The first kappa shape index (κ1) is 23.6. The molecular formula is C25H36FN3O3. The van der Waals surface area contributed by atoms with Crippen molar-refractivity contribution in [2.75, 3.05) is 6.54 Å². The number of ether oxygens (including phenoxy) is 1. The molecule has 0 saturated heterocycles. The monoisotopic (exact) mass is 445 g/mol. The van der Waals surface area contributed by atoms with Gasteiger partial charge in [0.25, 0.3) is 5.56 Å². The zero-order chi connectivity index (χ0) is 23.8. The summed E-state index contributed by atoms with van der Waals surface area (Å²) in [7, 11) is 0. The number of H-pyrrole nitrogens is 1. The van der Waals surface area contributed by atoms with Crippen LogP contribution in [0.15, 0.2) is 16.9 Å². The van der Waals surface area contributed by atoms with Crippen LogP contribution in [0.2, 0.25) is 0 Å². The van der Waals surface area contributed by atoms with Crippen molar-refractivity contribution in [1.29, 1.82) is 0 Å². The van der Waals surface area contributed by atoms with E-state index in [1.807, 2.05) is 47.6 Å². The fraction of sp³-hybridized carbons (Fsp3) is 0.440. The molecule has 1 atom stereocenters. The van der Waals surface area contributed by atoms with Gasteiger partial charge in [0.05, 0.1) is 18.0 Å². The average Bonchev–Trinajstić information content (AvgIpc) is 2.96. The fourth-order valence-electron chi connectivity index (χ4n) is 4.42. The maximum absolute atomic E-state index is 14.7. The van der Waals surface area contributed by atoms with Gasteiger partial charge in [-0.1, -0.05) is 13.8 Å². The highest BCUT2D eigenvalue weighted by molar-refractivity contribution is 5.80. The zero-order valence-corrected chi connectivity index (χ0v) is 19.8. The Morgan fingerprint density at radius 2 is 1.97 bits per heavy atom. The molecule has 1 amide bonds. The zero-order valence-electron chi connectivity index (χ0n) is 19.8. The second kappa shape index (κ2) is 8.81. The minimum Gasteiger partial charge on any atom is -0.485 e.